The van der Waals surface area contributed by atoms with Gasteiger partial charge in [-0.25, -0.2) is 0 Å². The van der Waals surface area contributed by atoms with Gasteiger partial charge in [-0.3, -0.25) is 0 Å². The van der Waals surface area contributed by atoms with Gasteiger partial charge in [0.1, 0.15) is 0 Å². The smallest absolute Gasteiger partial charge is 0.0165 e. The first-order valence-corrected chi connectivity index (χ1v) is 4.59. The summed E-state index contributed by atoms with van der Waals surface area (Å²) in [6, 6.07) is 0. The van der Waals surface area contributed by atoms with E-state index in [1.807, 2.05) is 0 Å². The highest BCUT2D eigenvalue weighted by molar-refractivity contribution is 8.00. The van der Waals surface area contributed by atoms with Crippen molar-refractivity contribution in [2.24, 2.45) is 0 Å². The zero-order valence-electron chi connectivity index (χ0n) is 6.31. The molecule has 0 N–H and O–H groups in total. The fourth-order valence-corrected chi connectivity index (χ4v) is 0.910. The SMILES string of the molecule is CCCC/C=[C]\SCC. The third-order valence-corrected chi connectivity index (χ3v) is 1.64. The Morgan fingerprint density at radius 3 is 2.78 bits per heavy atom. The Labute approximate surface area is 62.7 Å². The molecule has 1 heteroatoms. The van der Waals surface area contributed by atoms with E-state index in [1.165, 1.54) is 19.3 Å². The molecule has 0 bridgehead atoms. The molecule has 0 spiro atoms. The molecule has 53 valence electrons. The van der Waals surface area contributed by atoms with Crippen LogP contribution in [0.15, 0.2) is 6.08 Å². The molecule has 0 fully saturated rings. The van der Waals surface area contributed by atoms with Crippen molar-refractivity contribution in [3.8, 4) is 0 Å². The van der Waals surface area contributed by atoms with E-state index in [9.17, 15) is 0 Å². The molecule has 0 saturated heterocycles. The lowest BCUT2D eigenvalue weighted by molar-refractivity contribution is 0.815. The lowest BCUT2D eigenvalue weighted by Gasteiger charge is -1.86. The number of allylic oxidation sites excluding steroid dienone is 1. The van der Waals surface area contributed by atoms with Crippen LogP contribution in [0.1, 0.15) is 33.1 Å². The van der Waals surface area contributed by atoms with Gasteiger partial charge < -0.3 is 0 Å². The van der Waals surface area contributed by atoms with Crippen molar-refractivity contribution in [1.29, 1.82) is 0 Å². The number of hydrogen-bond acceptors (Lipinski definition) is 1. The van der Waals surface area contributed by atoms with E-state index in [-0.39, 0.29) is 0 Å². The Balaban J connectivity index is 2.86. The van der Waals surface area contributed by atoms with E-state index in [2.05, 4.69) is 25.3 Å². The molecule has 9 heavy (non-hydrogen) atoms. The van der Waals surface area contributed by atoms with Gasteiger partial charge in [-0.2, -0.15) is 0 Å². The van der Waals surface area contributed by atoms with Crippen LogP contribution in [0.25, 0.3) is 0 Å². The van der Waals surface area contributed by atoms with Crippen molar-refractivity contribution >= 4 is 11.8 Å². The predicted octanol–water partition coefficient (Wildman–Crippen LogP) is 3.25. The lowest BCUT2D eigenvalue weighted by Crippen LogP contribution is -1.66. The van der Waals surface area contributed by atoms with Gasteiger partial charge in [0.15, 0.2) is 0 Å². The Hall–Kier alpha value is 0.0900. The molecule has 0 heterocycles. The van der Waals surface area contributed by atoms with Crippen molar-refractivity contribution in [1.82, 2.24) is 0 Å². The maximum absolute atomic E-state index is 3.16. The quantitative estimate of drug-likeness (QED) is 0.532. The topological polar surface area (TPSA) is 0 Å². The summed E-state index contributed by atoms with van der Waals surface area (Å²) in [6.07, 6.45) is 5.92. The molecule has 0 aromatic heterocycles. The van der Waals surface area contributed by atoms with Crippen LogP contribution in [0.3, 0.4) is 0 Å². The van der Waals surface area contributed by atoms with Crippen molar-refractivity contribution < 1.29 is 0 Å². The van der Waals surface area contributed by atoms with Crippen LogP contribution >= 0.6 is 11.8 Å². The Morgan fingerprint density at radius 2 is 2.22 bits per heavy atom. The minimum atomic E-state index is 1.14. The summed E-state index contributed by atoms with van der Waals surface area (Å²) >= 11 is 1.75. The number of hydrogen-bond donors (Lipinski definition) is 0. The summed E-state index contributed by atoms with van der Waals surface area (Å²) in [7, 11) is 0. The average molecular weight is 143 g/mol. The van der Waals surface area contributed by atoms with Crippen LogP contribution in [0.2, 0.25) is 0 Å². The monoisotopic (exact) mass is 143 g/mol. The minimum Gasteiger partial charge on any atom is -0.126 e. The highest BCUT2D eigenvalue weighted by atomic mass is 32.2. The van der Waals surface area contributed by atoms with Crippen LogP contribution in [0.5, 0.6) is 0 Å². The first kappa shape index (κ1) is 9.09. The molecule has 0 aromatic rings. The molecular formula is C8H15S. The first-order chi connectivity index (χ1) is 4.41. The van der Waals surface area contributed by atoms with Crippen LogP contribution in [0, 0.1) is 5.41 Å². The minimum absolute atomic E-state index is 1.14. The summed E-state index contributed by atoms with van der Waals surface area (Å²) in [5, 5.41) is 3.16. The molecule has 0 saturated carbocycles. The Bertz CT molecular complexity index is 67.0. The molecule has 0 amide bonds. The normalized spacial score (nSPS) is 10.9. The van der Waals surface area contributed by atoms with Gasteiger partial charge in [0.05, 0.1) is 0 Å². The van der Waals surface area contributed by atoms with Gasteiger partial charge in [0.2, 0.25) is 0 Å². The van der Waals surface area contributed by atoms with Gasteiger partial charge in [-0.15, -0.1) is 11.8 Å². The maximum Gasteiger partial charge on any atom is 0.0165 e. The fourth-order valence-electron chi connectivity index (χ4n) is 0.507. The van der Waals surface area contributed by atoms with Crippen molar-refractivity contribution in [2.75, 3.05) is 5.75 Å². The van der Waals surface area contributed by atoms with Crippen LogP contribution in [-0.2, 0) is 0 Å². The molecule has 0 unspecified atom stereocenters. The summed E-state index contributed by atoms with van der Waals surface area (Å²) in [5.41, 5.74) is 0. The van der Waals surface area contributed by atoms with Gasteiger partial charge in [-0.1, -0.05) is 32.8 Å². The van der Waals surface area contributed by atoms with Crippen molar-refractivity contribution in [3.05, 3.63) is 11.5 Å². The standard InChI is InChI=1S/C8H15S/c1-3-5-6-7-8-9-4-2/h7H,3-6H2,1-2H3. The van der Waals surface area contributed by atoms with Crippen molar-refractivity contribution in [2.45, 2.75) is 33.1 Å². The van der Waals surface area contributed by atoms with E-state index < -0.39 is 0 Å². The molecule has 0 aliphatic heterocycles. The molecule has 0 nitrogen and oxygen atoms in total. The number of thioether (sulfide) groups is 1. The van der Waals surface area contributed by atoms with Crippen LogP contribution < -0.4 is 0 Å². The molecule has 0 rings (SSSR count). The van der Waals surface area contributed by atoms with Gasteiger partial charge in [-0.05, 0) is 12.2 Å². The zero-order chi connectivity index (χ0) is 6.95. The summed E-state index contributed by atoms with van der Waals surface area (Å²) in [6.45, 7) is 4.35. The number of rotatable bonds is 5. The van der Waals surface area contributed by atoms with Crippen molar-refractivity contribution in [3.63, 3.8) is 0 Å². The average Bonchev–Trinajstić information content (AvgIpc) is 1.89. The van der Waals surface area contributed by atoms with E-state index in [4.69, 9.17) is 0 Å². The van der Waals surface area contributed by atoms with E-state index in [1.54, 1.807) is 11.8 Å². The first-order valence-electron chi connectivity index (χ1n) is 3.60. The highest BCUT2D eigenvalue weighted by Gasteiger charge is 1.77. The van der Waals surface area contributed by atoms with E-state index >= 15 is 0 Å². The molecule has 1 radical (unpaired) electrons. The molecule has 0 atom stereocenters. The molecule has 0 aliphatic rings. The van der Waals surface area contributed by atoms with Gasteiger partial charge in [0.25, 0.3) is 0 Å². The van der Waals surface area contributed by atoms with Crippen LogP contribution in [0.4, 0.5) is 0 Å². The summed E-state index contributed by atoms with van der Waals surface area (Å²) < 4.78 is 0. The second-order valence-corrected chi connectivity index (χ2v) is 3.00. The molecule has 0 aliphatic carbocycles. The Kier molecular flexibility index (Phi) is 8.17. The molecule has 0 aromatic carbocycles. The lowest BCUT2D eigenvalue weighted by atomic mass is 10.2. The second kappa shape index (κ2) is 8.09. The van der Waals surface area contributed by atoms with Gasteiger partial charge >= 0.3 is 0 Å². The predicted molar refractivity (Wildman–Crippen MR) is 45.5 cm³/mol. The van der Waals surface area contributed by atoms with E-state index in [0.29, 0.717) is 0 Å². The third kappa shape index (κ3) is 8.09. The fraction of sp³-hybridized carbons (Fsp3) is 0.750. The van der Waals surface area contributed by atoms with Gasteiger partial charge in [0, 0.05) is 5.41 Å². The highest BCUT2D eigenvalue weighted by Crippen LogP contribution is 2.01. The largest absolute Gasteiger partial charge is 0.126 e. The zero-order valence-corrected chi connectivity index (χ0v) is 7.13. The number of unbranched alkanes of at least 4 members (excludes halogenated alkanes) is 2. The summed E-state index contributed by atoms with van der Waals surface area (Å²) in [4.78, 5) is 0. The Morgan fingerprint density at radius 1 is 1.44 bits per heavy atom. The van der Waals surface area contributed by atoms with Crippen LogP contribution in [-0.4, -0.2) is 5.75 Å². The summed E-state index contributed by atoms with van der Waals surface area (Å²) in [5.74, 6) is 1.14. The maximum atomic E-state index is 3.16. The molecular weight excluding hydrogens is 128 g/mol. The van der Waals surface area contributed by atoms with E-state index in [0.717, 1.165) is 5.75 Å². The third-order valence-electron chi connectivity index (χ3n) is 1.01. The second-order valence-electron chi connectivity index (χ2n) is 1.90.